The zero-order valence-electron chi connectivity index (χ0n) is 50.6. The molecule has 1 aliphatic carbocycles. The first kappa shape index (κ1) is 70.4. The van der Waals surface area contributed by atoms with E-state index in [1.807, 2.05) is 39.8 Å². The summed E-state index contributed by atoms with van der Waals surface area (Å²) in [7, 11) is 0. The van der Waals surface area contributed by atoms with Crippen molar-refractivity contribution in [2.75, 3.05) is 39.6 Å². The minimum absolute atomic E-state index is 0.0196. The van der Waals surface area contributed by atoms with E-state index in [0.29, 0.717) is 40.7 Å². The Morgan fingerprint density at radius 3 is 0.789 bits per heavy atom. The molecule has 5 fully saturated rings. The smallest absolute Gasteiger partial charge is 0.154 e. The van der Waals surface area contributed by atoms with E-state index in [4.69, 9.17) is 28.4 Å². The molecule has 4 aliphatic heterocycles. The van der Waals surface area contributed by atoms with Crippen LogP contribution in [0.4, 0.5) is 17.6 Å². The van der Waals surface area contributed by atoms with Crippen LogP contribution in [-0.2, 0) is 28.4 Å². The fourth-order valence-corrected chi connectivity index (χ4v) is 7.65. The highest BCUT2D eigenvalue weighted by atomic mass is 19.1. The van der Waals surface area contributed by atoms with E-state index in [1.54, 1.807) is 32.9 Å². The van der Waals surface area contributed by atoms with Crippen LogP contribution in [-0.4, -0.2) is 64.4 Å². The van der Waals surface area contributed by atoms with Gasteiger partial charge >= 0.3 is 0 Å². The fraction of sp³-hybridized carbons (Fsp3) is 0.636. The molecule has 4 heterocycles. The maximum absolute atomic E-state index is 12.6. The minimum atomic E-state index is -0.475. The van der Waals surface area contributed by atoms with Crippen molar-refractivity contribution < 1.29 is 46.0 Å². The second-order valence-electron chi connectivity index (χ2n) is 22.7. The van der Waals surface area contributed by atoms with Crippen LogP contribution in [0, 0.1) is 114 Å². The summed E-state index contributed by atoms with van der Waals surface area (Å²) in [5, 5.41) is 0. The Kier molecular flexibility index (Phi) is 36.7. The number of aryl methyl sites for hydroxylation is 7. The van der Waals surface area contributed by atoms with Gasteiger partial charge in [-0.3, -0.25) is 0 Å². The summed E-state index contributed by atoms with van der Waals surface area (Å²) >= 11 is 0. The summed E-state index contributed by atoms with van der Waals surface area (Å²) in [6.07, 6.45) is 12.2. The van der Waals surface area contributed by atoms with Gasteiger partial charge in [0.05, 0.1) is 38.6 Å². The van der Waals surface area contributed by atoms with Gasteiger partial charge in [0.1, 0.15) is 23.3 Å². The van der Waals surface area contributed by atoms with Gasteiger partial charge < -0.3 is 28.4 Å². The van der Waals surface area contributed by atoms with E-state index in [1.165, 1.54) is 93.7 Å². The highest BCUT2D eigenvalue weighted by Crippen LogP contribution is 2.27. The Labute approximate surface area is 460 Å². The first-order valence-corrected chi connectivity index (χ1v) is 28.3. The maximum atomic E-state index is 12.6. The molecule has 76 heavy (non-hydrogen) atoms. The highest BCUT2D eigenvalue weighted by molar-refractivity contribution is 5.24. The molecular weight excluding hydrogens is 965 g/mol. The van der Waals surface area contributed by atoms with Gasteiger partial charge in [-0.1, -0.05) is 127 Å². The lowest BCUT2D eigenvalue weighted by Gasteiger charge is -2.24. The Hall–Kier alpha value is -3.64. The van der Waals surface area contributed by atoms with Crippen molar-refractivity contribution >= 4 is 0 Å². The van der Waals surface area contributed by atoms with Crippen LogP contribution in [0.5, 0.6) is 0 Å². The van der Waals surface area contributed by atoms with Crippen molar-refractivity contribution in [2.24, 2.45) is 35.5 Å². The van der Waals surface area contributed by atoms with E-state index in [2.05, 4.69) is 93.5 Å². The summed E-state index contributed by atoms with van der Waals surface area (Å²) in [4.78, 5) is 0. The summed E-state index contributed by atoms with van der Waals surface area (Å²) in [6, 6.07) is 21.6. The molecule has 432 valence electrons. The van der Waals surface area contributed by atoms with Crippen LogP contribution in [0.1, 0.15) is 165 Å². The van der Waals surface area contributed by atoms with Gasteiger partial charge in [0.15, 0.2) is 12.6 Å². The van der Waals surface area contributed by atoms with Crippen LogP contribution in [0.25, 0.3) is 0 Å². The van der Waals surface area contributed by atoms with Crippen LogP contribution >= 0.6 is 0 Å². The molecule has 0 spiro atoms. The number of hydrogen-bond donors (Lipinski definition) is 0. The van der Waals surface area contributed by atoms with E-state index >= 15 is 0 Å². The number of benzene rings is 4. The molecule has 4 aromatic rings. The molecule has 4 atom stereocenters. The van der Waals surface area contributed by atoms with Gasteiger partial charge in [-0.2, -0.15) is 0 Å². The minimum Gasteiger partial charge on any atom is -0.378 e. The maximum Gasteiger partial charge on any atom is 0.154 e. The molecule has 0 amide bonds. The quantitative estimate of drug-likeness (QED) is 0.164. The van der Waals surface area contributed by atoms with Gasteiger partial charge in [-0.15, -0.1) is 0 Å². The lowest BCUT2D eigenvalue weighted by molar-refractivity contribution is -0.187. The second-order valence-corrected chi connectivity index (χ2v) is 22.7. The van der Waals surface area contributed by atoms with Crippen LogP contribution < -0.4 is 0 Å². The average molecular weight is 1070 g/mol. The molecule has 0 radical (unpaired) electrons. The summed E-state index contributed by atoms with van der Waals surface area (Å²) in [5.41, 5.74) is 6.72. The predicted octanol–water partition coefficient (Wildman–Crippen LogP) is 18.3. The zero-order valence-corrected chi connectivity index (χ0v) is 50.6. The molecule has 0 aromatic heterocycles. The monoisotopic (exact) mass is 1070 g/mol. The molecule has 4 saturated heterocycles. The first-order chi connectivity index (χ1) is 35.7. The number of ether oxygens (including phenoxy) is 6. The number of halogens is 4. The SMILES string of the molecule is CC1CCC(C)CC1.CC1CCC(C)OC1.CC1CCC(C)OC1.CC1COC(C)OC1.CC1COC(C)OC1.Cc1cc(F)c(C)c(F)c1.Cc1ccc(C)c(F)c1.Cc1ccc(C)c(F)c1.Cc1ccc(C)cc1. The predicted molar refractivity (Wildman–Crippen MR) is 309 cm³/mol. The first-order valence-electron chi connectivity index (χ1n) is 28.3. The van der Waals surface area contributed by atoms with E-state index in [9.17, 15) is 17.6 Å². The third-order valence-electron chi connectivity index (χ3n) is 13.5. The third-order valence-corrected chi connectivity index (χ3v) is 13.5. The molecule has 6 nitrogen and oxygen atoms in total. The van der Waals surface area contributed by atoms with Gasteiger partial charge in [0, 0.05) is 30.6 Å². The molecule has 1 saturated carbocycles. The molecule has 5 aliphatic rings. The standard InChI is InChI=1S/C8H8F2.2C8H9F.C8H16.C8H10.2C7H14O.2C6H12O2/c1-5-3-7(9)6(2)8(10)4-5;2*1-6-3-4-7(2)8(9)5-6;2*1-7-3-5-8(2)6-4-7;2*1-6-3-4-7(2)8-5-6;2*1-5-3-7-6(2)8-4-5/h3-4H,1-2H3;2*3-5H,1-2H3;7-8H,3-6H2,1-2H3;3-6H,1-2H3;2*6-7H,3-5H2,1-2H3;2*5-6H,3-4H2,1-2H3. The molecule has 9 rings (SSSR count). The van der Waals surface area contributed by atoms with E-state index < -0.39 is 11.6 Å². The van der Waals surface area contributed by atoms with Crippen molar-refractivity contribution in [1.82, 2.24) is 0 Å². The zero-order chi connectivity index (χ0) is 57.3. The van der Waals surface area contributed by atoms with Crippen molar-refractivity contribution in [2.45, 2.75) is 201 Å². The molecule has 4 unspecified atom stereocenters. The lowest BCUT2D eigenvalue weighted by Crippen LogP contribution is -2.27. The molecular formula is C66H104F4O6. The Bertz CT molecular complexity index is 1820. The van der Waals surface area contributed by atoms with Crippen LogP contribution in [0.3, 0.4) is 0 Å². The molecule has 0 bridgehead atoms. The van der Waals surface area contributed by atoms with Gasteiger partial charge in [0.25, 0.3) is 0 Å². The Balaban J connectivity index is 0.000000428. The molecule has 0 N–H and O–H groups in total. The van der Waals surface area contributed by atoms with Crippen LogP contribution in [0.2, 0.25) is 0 Å². The molecule has 10 heteroatoms. The summed E-state index contributed by atoms with van der Waals surface area (Å²) in [6.45, 7) is 41.5. The summed E-state index contributed by atoms with van der Waals surface area (Å²) < 4.78 is 81.8. The Morgan fingerprint density at radius 2 is 0.553 bits per heavy atom. The van der Waals surface area contributed by atoms with E-state index in [0.717, 1.165) is 74.4 Å². The molecule has 4 aromatic carbocycles. The largest absolute Gasteiger partial charge is 0.378 e. The topological polar surface area (TPSA) is 55.4 Å². The van der Waals surface area contributed by atoms with Crippen molar-refractivity contribution in [3.63, 3.8) is 0 Å². The fourth-order valence-electron chi connectivity index (χ4n) is 7.65. The van der Waals surface area contributed by atoms with Gasteiger partial charge in [0.2, 0.25) is 0 Å². The third kappa shape index (κ3) is 35.0. The number of rotatable bonds is 0. The highest BCUT2D eigenvalue weighted by Gasteiger charge is 2.17. The normalized spacial score (nSPS) is 25.5. The van der Waals surface area contributed by atoms with Crippen molar-refractivity contribution in [3.05, 3.63) is 141 Å². The van der Waals surface area contributed by atoms with E-state index in [-0.39, 0.29) is 29.8 Å². The number of hydrogen-bond acceptors (Lipinski definition) is 6. The van der Waals surface area contributed by atoms with Crippen LogP contribution in [0.15, 0.2) is 72.8 Å². The second kappa shape index (κ2) is 39.7. The van der Waals surface area contributed by atoms with Gasteiger partial charge in [-0.25, -0.2) is 17.6 Å². The lowest BCUT2D eigenvalue weighted by atomic mass is 9.84. The van der Waals surface area contributed by atoms with Crippen molar-refractivity contribution in [3.8, 4) is 0 Å². The average Bonchev–Trinajstić information content (AvgIpc) is 3.38. The van der Waals surface area contributed by atoms with Crippen molar-refractivity contribution in [1.29, 1.82) is 0 Å². The van der Waals surface area contributed by atoms with Gasteiger partial charge in [-0.05, 0) is 185 Å². The summed E-state index contributed by atoms with van der Waals surface area (Å²) in [5.74, 6) is 3.60. The Morgan fingerprint density at radius 1 is 0.289 bits per heavy atom.